The zero-order valence-corrected chi connectivity index (χ0v) is 10.2. The van der Waals surface area contributed by atoms with Gasteiger partial charge in [0.05, 0.1) is 29.8 Å². The maximum atomic E-state index is 13.3. The van der Waals surface area contributed by atoms with Gasteiger partial charge in [-0.3, -0.25) is 4.79 Å². The number of rotatable bonds is 1. The molecule has 4 nitrogen and oxygen atoms in total. The first-order valence-electron chi connectivity index (χ1n) is 5.38. The van der Waals surface area contributed by atoms with Crippen molar-refractivity contribution in [3.8, 4) is 6.07 Å². The van der Waals surface area contributed by atoms with Crippen molar-refractivity contribution in [2.24, 2.45) is 0 Å². The van der Waals surface area contributed by atoms with Crippen LogP contribution in [-0.2, 0) is 4.74 Å². The number of nitriles is 1. The first-order valence-corrected chi connectivity index (χ1v) is 5.76. The zero-order valence-electron chi connectivity index (χ0n) is 9.40. The van der Waals surface area contributed by atoms with E-state index in [9.17, 15) is 9.18 Å². The van der Waals surface area contributed by atoms with Crippen LogP contribution < -0.4 is 0 Å². The second-order valence-electron chi connectivity index (χ2n) is 3.84. The highest BCUT2D eigenvalue weighted by molar-refractivity contribution is 6.34. The van der Waals surface area contributed by atoms with Crippen LogP contribution in [0.1, 0.15) is 10.4 Å². The van der Waals surface area contributed by atoms with Gasteiger partial charge in [0.1, 0.15) is 5.82 Å². The highest BCUT2D eigenvalue weighted by Gasteiger charge is 2.26. The van der Waals surface area contributed by atoms with Crippen LogP contribution >= 0.6 is 11.6 Å². The molecule has 0 radical (unpaired) electrons. The molecule has 0 saturated carbocycles. The van der Waals surface area contributed by atoms with Crippen molar-refractivity contribution in [3.05, 3.63) is 34.6 Å². The molecule has 94 valence electrons. The standard InChI is InChI=1S/C12H10ClFN2O2/c13-11-9(2-1-3-10(11)14)12(17)16-4-5-18-8(6-15)7-16/h1-3,8H,4-5,7H2. The molecule has 2 rings (SSSR count). The second-order valence-corrected chi connectivity index (χ2v) is 4.22. The highest BCUT2D eigenvalue weighted by atomic mass is 35.5. The summed E-state index contributed by atoms with van der Waals surface area (Å²) in [7, 11) is 0. The Bertz CT molecular complexity index is 515. The monoisotopic (exact) mass is 268 g/mol. The van der Waals surface area contributed by atoms with E-state index in [-0.39, 0.29) is 29.6 Å². The molecule has 1 amide bonds. The quantitative estimate of drug-likeness (QED) is 0.781. The maximum absolute atomic E-state index is 13.3. The molecule has 1 fully saturated rings. The van der Waals surface area contributed by atoms with Crippen molar-refractivity contribution in [1.82, 2.24) is 4.90 Å². The van der Waals surface area contributed by atoms with E-state index in [0.29, 0.717) is 6.54 Å². The molecule has 0 spiro atoms. The summed E-state index contributed by atoms with van der Waals surface area (Å²) in [5.41, 5.74) is 0.107. The fourth-order valence-corrected chi connectivity index (χ4v) is 1.96. The lowest BCUT2D eigenvalue weighted by Gasteiger charge is -2.30. The molecule has 0 aliphatic carbocycles. The third-order valence-electron chi connectivity index (χ3n) is 2.68. The Hall–Kier alpha value is -1.64. The number of carbonyl (C=O) groups is 1. The van der Waals surface area contributed by atoms with E-state index in [1.165, 1.54) is 23.1 Å². The number of ether oxygens (including phenoxy) is 1. The fraction of sp³-hybridized carbons (Fsp3) is 0.333. The molecule has 1 heterocycles. The van der Waals surface area contributed by atoms with E-state index in [4.69, 9.17) is 21.6 Å². The predicted molar refractivity (Wildman–Crippen MR) is 62.7 cm³/mol. The normalized spacial score (nSPS) is 19.4. The highest BCUT2D eigenvalue weighted by Crippen LogP contribution is 2.22. The number of hydrogen-bond donors (Lipinski definition) is 0. The predicted octanol–water partition coefficient (Wildman–Crippen LogP) is 1.84. The molecular weight excluding hydrogens is 259 g/mol. The van der Waals surface area contributed by atoms with Gasteiger partial charge in [0.2, 0.25) is 0 Å². The van der Waals surface area contributed by atoms with Gasteiger partial charge in [0, 0.05) is 6.54 Å². The summed E-state index contributed by atoms with van der Waals surface area (Å²) in [5, 5.41) is 8.57. The van der Waals surface area contributed by atoms with E-state index in [1.807, 2.05) is 6.07 Å². The van der Waals surface area contributed by atoms with E-state index in [1.54, 1.807) is 0 Å². The van der Waals surface area contributed by atoms with Crippen LogP contribution in [0.25, 0.3) is 0 Å². The Balaban J connectivity index is 2.21. The number of halogens is 2. The Kier molecular flexibility index (Phi) is 3.80. The van der Waals surface area contributed by atoms with Gasteiger partial charge in [0.15, 0.2) is 6.10 Å². The molecule has 0 bridgehead atoms. The second kappa shape index (κ2) is 5.34. The molecule has 1 aliphatic rings. The van der Waals surface area contributed by atoms with Crippen molar-refractivity contribution < 1.29 is 13.9 Å². The topological polar surface area (TPSA) is 53.3 Å². The van der Waals surface area contributed by atoms with Crippen LogP contribution in [-0.4, -0.2) is 36.6 Å². The lowest BCUT2D eigenvalue weighted by Crippen LogP contribution is -2.45. The number of carbonyl (C=O) groups excluding carboxylic acids is 1. The minimum absolute atomic E-state index is 0.107. The fourth-order valence-electron chi connectivity index (χ4n) is 1.75. The first kappa shape index (κ1) is 12.8. The van der Waals surface area contributed by atoms with Gasteiger partial charge in [-0.15, -0.1) is 0 Å². The molecular formula is C12H10ClFN2O2. The first-order chi connectivity index (χ1) is 8.63. The average molecular weight is 269 g/mol. The summed E-state index contributed by atoms with van der Waals surface area (Å²) in [6.07, 6.45) is -0.643. The molecule has 1 aromatic rings. The summed E-state index contributed by atoms with van der Waals surface area (Å²) < 4.78 is 18.4. The third kappa shape index (κ3) is 2.45. The minimum atomic E-state index is -0.643. The van der Waals surface area contributed by atoms with Gasteiger partial charge in [-0.1, -0.05) is 17.7 Å². The summed E-state index contributed by atoms with van der Waals surface area (Å²) in [5.74, 6) is -1.02. The average Bonchev–Trinajstić information content (AvgIpc) is 2.41. The van der Waals surface area contributed by atoms with Gasteiger partial charge in [-0.25, -0.2) is 4.39 Å². The van der Waals surface area contributed by atoms with Crippen LogP contribution in [0.15, 0.2) is 18.2 Å². The zero-order chi connectivity index (χ0) is 13.1. The molecule has 1 unspecified atom stereocenters. The van der Waals surface area contributed by atoms with Crippen LogP contribution in [0.4, 0.5) is 4.39 Å². The van der Waals surface area contributed by atoms with Crippen molar-refractivity contribution >= 4 is 17.5 Å². The van der Waals surface area contributed by atoms with Gasteiger partial charge in [-0.2, -0.15) is 5.26 Å². The Morgan fingerprint density at radius 2 is 2.39 bits per heavy atom. The van der Waals surface area contributed by atoms with Crippen LogP contribution in [0.5, 0.6) is 0 Å². The lowest BCUT2D eigenvalue weighted by molar-refractivity contribution is 0.00346. The SMILES string of the molecule is N#CC1CN(C(=O)c2cccc(F)c2Cl)CCO1. The molecule has 1 saturated heterocycles. The number of hydrogen-bond acceptors (Lipinski definition) is 3. The van der Waals surface area contributed by atoms with E-state index in [0.717, 1.165) is 0 Å². The van der Waals surface area contributed by atoms with E-state index < -0.39 is 11.9 Å². The summed E-state index contributed by atoms with van der Waals surface area (Å²) >= 11 is 5.76. The largest absolute Gasteiger partial charge is 0.360 e. The number of nitrogens with zero attached hydrogens (tertiary/aromatic N) is 2. The molecule has 6 heteroatoms. The van der Waals surface area contributed by atoms with E-state index >= 15 is 0 Å². The van der Waals surface area contributed by atoms with Crippen molar-refractivity contribution in [1.29, 1.82) is 5.26 Å². The maximum Gasteiger partial charge on any atom is 0.255 e. The lowest BCUT2D eigenvalue weighted by atomic mass is 10.1. The van der Waals surface area contributed by atoms with Gasteiger partial charge in [-0.05, 0) is 12.1 Å². The number of amides is 1. The molecule has 0 N–H and O–H groups in total. The van der Waals surface area contributed by atoms with Crippen LogP contribution in [0, 0.1) is 17.1 Å². The number of morpholine rings is 1. The molecule has 1 atom stereocenters. The van der Waals surface area contributed by atoms with Crippen LogP contribution in [0.2, 0.25) is 5.02 Å². The van der Waals surface area contributed by atoms with Crippen molar-refractivity contribution in [2.45, 2.75) is 6.10 Å². The molecule has 1 aromatic carbocycles. The Morgan fingerprint density at radius 3 is 3.11 bits per heavy atom. The molecule has 1 aliphatic heterocycles. The summed E-state index contributed by atoms with van der Waals surface area (Å²) in [6.45, 7) is 0.822. The van der Waals surface area contributed by atoms with Crippen molar-refractivity contribution in [3.63, 3.8) is 0 Å². The molecule has 18 heavy (non-hydrogen) atoms. The minimum Gasteiger partial charge on any atom is -0.360 e. The number of benzene rings is 1. The van der Waals surface area contributed by atoms with Crippen molar-refractivity contribution in [2.75, 3.05) is 19.7 Å². The Labute approximate surface area is 109 Å². The third-order valence-corrected chi connectivity index (χ3v) is 3.06. The van der Waals surface area contributed by atoms with Gasteiger partial charge >= 0.3 is 0 Å². The smallest absolute Gasteiger partial charge is 0.255 e. The summed E-state index contributed by atoms with van der Waals surface area (Å²) in [4.78, 5) is 13.6. The molecule has 0 aromatic heterocycles. The van der Waals surface area contributed by atoms with Crippen LogP contribution in [0.3, 0.4) is 0 Å². The summed E-state index contributed by atoms with van der Waals surface area (Å²) in [6, 6.07) is 6.02. The van der Waals surface area contributed by atoms with Gasteiger partial charge in [0.25, 0.3) is 5.91 Å². The Morgan fingerprint density at radius 1 is 1.61 bits per heavy atom. The van der Waals surface area contributed by atoms with Gasteiger partial charge < -0.3 is 9.64 Å². The van der Waals surface area contributed by atoms with E-state index in [2.05, 4.69) is 0 Å².